The van der Waals surface area contributed by atoms with Crippen molar-refractivity contribution in [2.75, 3.05) is 26.2 Å². The second-order valence-corrected chi connectivity index (χ2v) is 7.61. The summed E-state index contributed by atoms with van der Waals surface area (Å²) in [5.41, 5.74) is 4.25. The molecule has 2 heterocycles. The van der Waals surface area contributed by atoms with Crippen molar-refractivity contribution < 1.29 is 4.79 Å². The highest BCUT2D eigenvalue weighted by atomic mass is 35.5. The van der Waals surface area contributed by atoms with Crippen molar-refractivity contribution >= 4 is 28.4 Å². The van der Waals surface area contributed by atoms with Gasteiger partial charge in [-0.25, -0.2) is 0 Å². The van der Waals surface area contributed by atoms with Crippen LogP contribution in [0.25, 0.3) is 10.9 Å². The number of para-hydroxylation sites is 1. The van der Waals surface area contributed by atoms with E-state index >= 15 is 0 Å². The van der Waals surface area contributed by atoms with Crippen LogP contribution in [0.3, 0.4) is 0 Å². The summed E-state index contributed by atoms with van der Waals surface area (Å²) in [6.45, 7) is 6.29. The summed E-state index contributed by atoms with van der Waals surface area (Å²) in [4.78, 5) is 17.5. The van der Waals surface area contributed by atoms with Crippen LogP contribution in [0.5, 0.6) is 0 Å². The lowest BCUT2D eigenvalue weighted by molar-refractivity contribution is 0.0619. The van der Waals surface area contributed by atoms with Gasteiger partial charge >= 0.3 is 0 Å². The molecule has 0 atom stereocenters. The van der Waals surface area contributed by atoms with Crippen LogP contribution in [-0.2, 0) is 13.6 Å². The molecule has 3 aromatic rings. The van der Waals surface area contributed by atoms with E-state index < -0.39 is 0 Å². The number of fused-ring (bicyclic) bond motifs is 1. The van der Waals surface area contributed by atoms with Crippen molar-refractivity contribution in [3.8, 4) is 0 Å². The van der Waals surface area contributed by atoms with Gasteiger partial charge in [0.1, 0.15) is 5.69 Å². The number of aryl methyl sites for hydroxylation is 2. The molecular weight excluding hydrogens is 358 g/mol. The maximum absolute atomic E-state index is 13.1. The van der Waals surface area contributed by atoms with E-state index in [1.54, 1.807) is 0 Å². The largest absolute Gasteiger partial charge is 0.338 e. The van der Waals surface area contributed by atoms with E-state index in [0.717, 1.165) is 43.6 Å². The highest BCUT2D eigenvalue weighted by molar-refractivity contribution is 6.38. The Labute approximate surface area is 164 Å². The summed E-state index contributed by atoms with van der Waals surface area (Å²) >= 11 is 6.55. The number of nitrogens with zero attached hydrogens (tertiary/aromatic N) is 3. The lowest BCUT2D eigenvalue weighted by Gasteiger charge is -2.35. The molecule has 0 aliphatic carbocycles. The average molecular weight is 382 g/mol. The van der Waals surface area contributed by atoms with Gasteiger partial charge < -0.3 is 9.47 Å². The van der Waals surface area contributed by atoms with E-state index in [-0.39, 0.29) is 5.91 Å². The normalized spacial score (nSPS) is 15.4. The molecule has 0 radical (unpaired) electrons. The van der Waals surface area contributed by atoms with Gasteiger partial charge in [0, 0.05) is 50.7 Å². The highest BCUT2D eigenvalue weighted by Gasteiger charge is 2.27. The van der Waals surface area contributed by atoms with Gasteiger partial charge in [-0.15, -0.1) is 0 Å². The summed E-state index contributed by atoms with van der Waals surface area (Å²) in [6, 6.07) is 16.4. The number of carbonyl (C=O) groups excluding carboxylic acids is 1. The third-order valence-electron chi connectivity index (χ3n) is 5.56. The first-order chi connectivity index (χ1) is 13.1. The van der Waals surface area contributed by atoms with E-state index in [1.807, 2.05) is 40.8 Å². The monoisotopic (exact) mass is 381 g/mol. The van der Waals surface area contributed by atoms with Crippen LogP contribution < -0.4 is 0 Å². The molecule has 1 aliphatic rings. The number of carbonyl (C=O) groups is 1. The Bertz CT molecular complexity index is 947. The van der Waals surface area contributed by atoms with Gasteiger partial charge in [0.15, 0.2) is 0 Å². The third-order valence-corrected chi connectivity index (χ3v) is 5.95. The first kappa shape index (κ1) is 18.1. The van der Waals surface area contributed by atoms with Crippen molar-refractivity contribution in [2.24, 2.45) is 7.05 Å². The average Bonchev–Trinajstić information content (AvgIpc) is 2.95. The van der Waals surface area contributed by atoms with E-state index in [9.17, 15) is 4.79 Å². The second kappa shape index (κ2) is 7.37. The summed E-state index contributed by atoms with van der Waals surface area (Å²) in [5, 5.41) is 1.49. The minimum absolute atomic E-state index is 0.0224. The quantitative estimate of drug-likeness (QED) is 0.683. The fourth-order valence-corrected chi connectivity index (χ4v) is 4.24. The van der Waals surface area contributed by atoms with Crippen LogP contribution in [-0.4, -0.2) is 46.5 Å². The Balaban J connectivity index is 1.47. The van der Waals surface area contributed by atoms with Crippen LogP contribution in [0.1, 0.15) is 21.6 Å². The number of aromatic nitrogens is 1. The van der Waals surface area contributed by atoms with Gasteiger partial charge in [-0.2, -0.15) is 0 Å². The number of hydrogen-bond donors (Lipinski definition) is 0. The summed E-state index contributed by atoms with van der Waals surface area (Å²) in [7, 11) is 1.91. The molecule has 0 spiro atoms. The molecule has 1 fully saturated rings. The van der Waals surface area contributed by atoms with Crippen LogP contribution in [0, 0.1) is 6.92 Å². The Morgan fingerprint density at radius 3 is 2.37 bits per heavy atom. The van der Waals surface area contributed by atoms with Crippen LogP contribution in [0.2, 0.25) is 5.02 Å². The second-order valence-electron chi connectivity index (χ2n) is 7.23. The van der Waals surface area contributed by atoms with Crippen LogP contribution in [0.15, 0.2) is 48.5 Å². The number of benzene rings is 2. The van der Waals surface area contributed by atoms with Gasteiger partial charge in [0.25, 0.3) is 5.91 Å². The molecule has 4 nitrogen and oxygen atoms in total. The van der Waals surface area contributed by atoms with Crippen molar-refractivity contribution in [3.63, 3.8) is 0 Å². The van der Waals surface area contributed by atoms with Gasteiger partial charge in [-0.1, -0.05) is 54.1 Å². The molecule has 27 heavy (non-hydrogen) atoms. The Hall–Kier alpha value is -2.30. The molecule has 0 unspecified atom stereocenters. The maximum Gasteiger partial charge on any atom is 0.272 e. The Morgan fingerprint density at radius 2 is 1.67 bits per heavy atom. The predicted octanol–water partition coefficient (Wildman–Crippen LogP) is 4.10. The van der Waals surface area contributed by atoms with Gasteiger partial charge in [0.2, 0.25) is 0 Å². The van der Waals surface area contributed by atoms with E-state index in [0.29, 0.717) is 10.7 Å². The molecule has 140 valence electrons. The lowest BCUT2D eigenvalue weighted by atomic mass is 10.1. The number of hydrogen-bond acceptors (Lipinski definition) is 2. The van der Waals surface area contributed by atoms with Crippen LogP contribution in [0.4, 0.5) is 0 Å². The first-order valence-electron chi connectivity index (χ1n) is 9.35. The zero-order valence-corrected chi connectivity index (χ0v) is 16.5. The summed E-state index contributed by atoms with van der Waals surface area (Å²) < 4.78 is 1.92. The zero-order valence-electron chi connectivity index (χ0n) is 15.8. The number of halogens is 1. The Kier molecular flexibility index (Phi) is 4.94. The Morgan fingerprint density at radius 1 is 1.00 bits per heavy atom. The smallest absolute Gasteiger partial charge is 0.272 e. The fourth-order valence-electron chi connectivity index (χ4n) is 3.87. The molecule has 1 aliphatic heterocycles. The van der Waals surface area contributed by atoms with Gasteiger partial charge in [0.05, 0.1) is 5.02 Å². The maximum atomic E-state index is 13.1. The third kappa shape index (κ3) is 3.35. The molecule has 0 bridgehead atoms. The molecule has 1 amide bonds. The van der Waals surface area contributed by atoms with Gasteiger partial charge in [-0.05, 0) is 24.1 Å². The highest BCUT2D eigenvalue weighted by Crippen LogP contribution is 2.30. The van der Waals surface area contributed by atoms with E-state index in [4.69, 9.17) is 11.6 Å². The van der Waals surface area contributed by atoms with E-state index in [1.165, 1.54) is 11.1 Å². The molecule has 0 saturated carbocycles. The zero-order chi connectivity index (χ0) is 19.0. The molecular formula is C22H24ClN3O. The number of rotatable bonds is 3. The molecule has 5 heteroatoms. The van der Waals surface area contributed by atoms with Gasteiger partial charge in [-0.3, -0.25) is 9.69 Å². The summed E-state index contributed by atoms with van der Waals surface area (Å²) in [5.74, 6) is 0.0224. The standard InChI is InChI=1S/C22H24ClN3O/c1-16-7-3-4-8-17(16)15-25-11-13-26(14-12-25)22(27)21-20(23)18-9-5-6-10-19(18)24(21)2/h3-10H,11-15H2,1-2H3. The number of piperazine rings is 1. The predicted molar refractivity (Wildman–Crippen MR) is 110 cm³/mol. The van der Waals surface area contributed by atoms with Crippen molar-refractivity contribution in [1.29, 1.82) is 0 Å². The van der Waals surface area contributed by atoms with E-state index in [2.05, 4.69) is 36.1 Å². The molecule has 0 N–H and O–H groups in total. The minimum atomic E-state index is 0.0224. The van der Waals surface area contributed by atoms with Crippen LogP contribution >= 0.6 is 11.6 Å². The minimum Gasteiger partial charge on any atom is -0.338 e. The molecule has 1 saturated heterocycles. The fraction of sp³-hybridized carbons (Fsp3) is 0.318. The topological polar surface area (TPSA) is 28.5 Å². The first-order valence-corrected chi connectivity index (χ1v) is 9.73. The van der Waals surface area contributed by atoms with Crippen molar-refractivity contribution in [3.05, 3.63) is 70.4 Å². The molecule has 2 aromatic carbocycles. The SMILES string of the molecule is Cc1ccccc1CN1CCN(C(=O)c2c(Cl)c3ccccc3n2C)CC1. The van der Waals surface area contributed by atoms with Crippen molar-refractivity contribution in [1.82, 2.24) is 14.4 Å². The number of amides is 1. The summed E-state index contributed by atoms with van der Waals surface area (Å²) in [6.07, 6.45) is 0. The molecule has 4 rings (SSSR count). The lowest BCUT2D eigenvalue weighted by Crippen LogP contribution is -2.48. The van der Waals surface area contributed by atoms with Crippen molar-refractivity contribution in [2.45, 2.75) is 13.5 Å². The molecule has 1 aromatic heterocycles.